The molecule has 5 heterocycles. The molecule has 5 aliphatic heterocycles. The Morgan fingerprint density at radius 2 is 1.49 bits per heavy atom. The van der Waals surface area contributed by atoms with Gasteiger partial charge in [0.2, 0.25) is 0 Å². The van der Waals surface area contributed by atoms with E-state index in [0.717, 1.165) is 51.6 Å². The molecule has 17 nitrogen and oxygen atoms in total. The number of esters is 1. The van der Waals surface area contributed by atoms with Crippen molar-refractivity contribution >= 4 is 5.97 Å². The molecule has 0 aromatic rings. The van der Waals surface area contributed by atoms with Gasteiger partial charge in [0.05, 0.1) is 31.5 Å². The molecule has 0 aromatic carbocycles. The van der Waals surface area contributed by atoms with E-state index in [9.17, 15) is 40.5 Å². The van der Waals surface area contributed by atoms with Crippen molar-refractivity contribution in [3.63, 3.8) is 0 Å². The maximum atomic E-state index is 12.0. The quantitative estimate of drug-likeness (QED) is 0.128. The molecule has 7 N–H and O–H groups in total. The summed E-state index contributed by atoms with van der Waals surface area (Å²) in [5.74, 6) is 1.98. The van der Waals surface area contributed by atoms with Crippen LogP contribution in [0, 0.1) is 46.3 Å². The molecule has 0 amide bonds. The van der Waals surface area contributed by atoms with Crippen molar-refractivity contribution < 1.29 is 83.2 Å². The van der Waals surface area contributed by atoms with E-state index in [1.807, 2.05) is 0 Å². The summed E-state index contributed by atoms with van der Waals surface area (Å²) in [7, 11) is 0. The van der Waals surface area contributed by atoms with Crippen molar-refractivity contribution in [3.05, 3.63) is 11.6 Å². The molecule has 8 fully saturated rings. The van der Waals surface area contributed by atoms with Gasteiger partial charge in [-0.3, -0.25) is 4.79 Å². The molecule has 0 bridgehead atoms. The molecule has 358 valence electrons. The fraction of sp³-hybridized carbons (Fsp3) is 0.935. The first-order valence-electron chi connectivity index (χ1n) is 23.7. The molecule has 1 spiro atoms. The predicted octanol–water partition coefficient (Wildman–Crippen LogP) is 1.42. The van der Waals surface area contributed by atoms with Gasteiger partial charge in [-0.1, -0.05) is 39.3 Å². The topological polar surface area (TPSA) is 242 Å². The van der Waals surface area contributed by atoms with Crippen molar-refractivity contribution in [1.82, 2.24) is 0 Å². The number of carbonyl (C=O) groups excluding carboxylic acids is 1. The Bertz CT molecular complexity index is 1670. The van der Waals surface area contributed by atoms with Gasteiger partial charge in [0, 0.05) is 19.3 Å². The lowest BCUT2D eigenvalue weighted by atomic mass is 9.47. The van der Waals surface area contributed by atoms with Crippen molar-refractivity contribution in [2.45, 2.75) is 203 Å². The van der Waals surface area contributed by atoms with Gasteiger partial charge in [-0.05, 0) is 98.7 Å². The number of aliphatic hydroxyl groups excluding tert-OH is 7. The normalized spacial score (nSPS) is 55.4. The summed E-state index contributed by atoms with van der Waals surface area (Å²) in [5, 5.41) is 76.0. The number of hydrogen-bond donors (Lipinski definition) is 7. The highest BCUT2D eigenvalue weighted by molar-refractivity contribution is 5.65. The van der Waals surface area contributed by atoms with Crippen LogP contribution < -0.4 is 0 Å². The summed E-state index contributed by atoms with van der Waals surface area (Å²) in [5.41, 5.74) is 1.51. The average Bonchev–Trinajstić information content (AvgIpc) is 3.81. The van der Waals surface area contributed by atoms with Crippen molar-refractivity contribution in [3.8, 4) is 0 Å². The summed E-state index contributed by atoms with van der Waals surface area (Å²) in [6.45, 7) is 12.0. The third kappa shape index (κ3) is 7.97. The predicted molar refractivity (Wildman–Crippen MR) is 218 cm³/mol. The second-order valence-corrected chi connectivity index (χ2v) is 21.2. The van der Waals surface area contributed by atoms with E-state index in [1.165, 1.54) is 19.4 Å². The second kappa shape index (κ2) is 17.6. The van der Waals surface area contributed by atoms with Gasteiger partial charge in [0.15, 0.2) is 24.7 Å². The number of allylic oxidation sites excluding steroid dienone is 1. The summed E-state index contributed by atoms with van der Waals surface area (Å²) in [4.78, 5) is 11.4. The van der Waals surface area contributed by atoms with Crippen LogP contribution in [0.15, 0.2) is 11.6 Å². The van der Waals surface area contributed by atoms with Crippen LogP contribution in [0.1, 0.15) is 99.3 Å². The summed E-state index contributed by atoms with van der Waals surface area (Å²) >= 11 is 0. The summed E-state index contributed by atoms with van der Waals surface area (Å²) < 4.78 is 55.2. The van der Waals surface area contributed by atoms with Crippen LogP contribution in [-0.4, -0.2) is 166 Å². The van der Waals surface area contributed by atoms with Crippen molar-refractivity contribution in [2.24, 2.45) is 46.3 Å². The number of aliphatic hydroxyl groups is 7. The van der Waals surface area contributed by atoms with Gasteiger partial charge in [-0.15, -0.1) is 0 Å². The molecule has 9 rings (SSSR count). The molecule has 9 aliphatic rings. The molecule has 0 aromatic heterocycles. The Hall–Kier alpha value is -1.39. The number of hydrogen-bond acceptors (Lipinski definition) is 17. The zero-order valence-corrected chi connectivity index (χ0v) is 37.5. The van der Waals surface area contributed by atoms with Gasteiger partial charge in [-0.2, -0.15) is 0 Å². The van der Waals surface area contributed by atoms with Crippen LogP contribution in [0.25, 0.3) is 0 Å². The zero-order chi connectivity index (χ0) is 44.9. The maximum absolute atomic E-state index is 12.0. The molecule has 0 radical (unpaired) electrons. The number of fused-ring (bicyclic) bond motifs is 7. The van der Waals surface area contributed by atoms with E-state index in [-0.39, 0.29) is 29.6 Å². The molecule has 5 saturated heterocycles. The molecule has 63 heavy (non-hydrogen) atoms. The van der Waals surface area contributed by atoms with Crippen LogP contribution in [-0.2, 0) is 47.4 Å². The Morgan fingerprint density at radius 1 is 0.778 bits per heavy atom. The summed E-state index contributed by atoms with van der Waals surface area (Å²) in [6, 6.07) is 0. The first kappa shape index (κ1) is 46.7. The fourth-order valence-corrected chi connectivity index (χ4v) is 14.0. The standard InChI is InChI=1S/C46H72O17/c1-20-9-14-46(56-18-20)21(2)32-29(63-46)16-28-26-8-7-24-15-25(10-12-44(24,5)27(26)11-13-45(28,32)6)58-43-40(62-41-37(53)35(51)33(49)22(3)57-41)38(54)39(30(17-47)59-43)61-42-36(52)34(50)31(60-42)19-55-23(4)48/h7,20-22,25-43,47,49-54H,8-19H2,1-6H3. The van der Waals surface area contributed by atoms with E-state index >= 15 is 0 Å². The van der Waals surface area contributed by atoms with Crippen LogP contribution in [0.5, 0.6) is 0 Å². The number of rotatable bonds is 9. The average molecular weight is 897 g/mol. The molecule has 4 aliphatic carbocycles. The Morgan fingerprint density at radius 3 is 2.21 bits per heavy atom. The lowest BCUT2D eigenvalue weighted by Crippen LogP contribution is -2.65. The highest BCUT2D eigenvalue weighted by Gasteiger charge is 2.69. The monoisotopic (exact) mass is 896 g/mol. The van der Waals surface area contributed by atoms with Gasteiger partial charge >= 0.3 is 5.97 Å². The first-order chi connectivity index (χ1) is 29.9. The molecular weight excluding hydrogens is 824 g/mol. The fourth-order valence-electron chi connectivity index (χ4n) is 14.0. The molecule has 3 saturated carbocycles. The molecule has 25 atom stereocenters. The van der Waals surface area contributed by atoms with Crippen molar-refractivity contribution in [2.75, 3.05) is 19.8 Å². The second-order valence-electron chi connectivity index (χ2n) is 21.2. The van der Waals surface area contributed by atoms with Crippen LogP contribution in [0.4, 0.5) is 0 Å². The maximum Gasteiger partial charge on any atom is 0.302 e. The van der Waals surface area contributed by atoms with Gasteiger partial charge in [-0.25, -0.2) is 0 Å². The highest BCUT2D eigenvalue weighted by atomic mass is 16.8. The van der Waals surface area contributed by atoms with Crippen LogP contribution in [0.3, 0.4) is 0 Å². The molecular formula is C46H72O17. The van der Waals surface area contributed by atoms with Crippen LogP contribution >= 0.6 is 0 Å². The van der Waals surface area contributed by atoms with E-state index in [4.69, 9.17) is 42.6 Å². The summed E-state index contributed by atoms with van der Waals surface area (Å²) in [6.07, 6.45) is -9.22. The molecule has 17 heteroatoms. The zero-order valence-electron chi connectivity index (χ0n) is 37.5. The Kier molecular flexibility index (Phi) is 13.1. The highest BCUT2D eigenvalue weighted by Crippen LogP contribution is 2.70. The van der Waals surface area contributed by atoms with E-state index in [0.29, 0.717) is 48.3 Å². The lowest BCUT2D eigenvalue weighted by Gasteiger charge is -2.58. The van der Waals surface area contributed by atoms with E-state index in [2.05, 4.69) is 33.8 Å². The smallest absolute Gasteiger partial charge is 0.302 e. The largest absolute Gasteiger partial charge is 0.463 e. The van der Waals surface area contributed by atoms with E-state index in [1.54, 1.807) is 0 Å². The minimum Gasteiger partial charge on any atom is -0.463 e. The first-order valence-corrected chi connectivity index (χ1v) is 23.7. The molecule has 25 unspecified atom stereocenters. The van der Waals surface area contributed by atoms with Gasteiger partial charge < -0.3 is 78.4 Å². The van der Waals surface area contributed by atoms with E-state index < -0.39 is 104 Å². The Labute approximate surface area is 369 Å². The minimum absolute atomic E-state index is 0.0271. The van der Waals surface area contributed by atoms with Crippen molar-refractivity contribution in [1.29, 1.82) is 0 Å². The van der Waals surface area contributed by atoms with Gasteiger partial charge in [0.25, 0.3) is 0 Å². The van der Waals surface area contributed by atoms with Gasteiger partial charge in [0.1, 0.15) is 67.6 Å². The number of ether oxygens (including phenoxy) is 9. The minimum atomic E-state index is -1.72. The van der Waals surface area contributed by atoms with Crippen LogP contribution in [0.2, 0.25) is 0 Å². The third-order valence-electron chi connectivity index (χ3n) is 17.6. The Balaban J connectivity index is 0.907. The lowest BCUT2D eigenvalue weighted by molar-refractivity contribution is -0.380. The number of carbonyl (C=O) groups is 1. The SMILES string of the molecule is CC(=O)OCC1OC(OC2C(CO)OC(OC3CCC4(C)C(=CCC5C4CCC4(C)C5CC5OC6(CCC(C)CO6)C(C)C54)C3)C(OC3OC(C)C(O)C(O)C3O)C2O)C(O)C1O. The third-order valence-corrected chi connectivity index (χ3v) is 17.6.